The van der Waals surface area contributed by atoms with E-state index in [1.165, 1.54) is 10.6 Å². The second kappa shape index (κ2) is 3.72. The summed E-state index contributed by atoms with van der Waals surface area (Å²) in [6, 6.07) is 4.66. The SMILES string of the molecule is Cc1cn(-c2ccc(O)c(Cl)c2)c(=O)n1C. The average molecular weight is 239 g/mol. The lowest BCUT2D eigenvalue weighted by molar-refractivity contribution is 0.475. The Morgan fingerprint density at radius 3 is 2.56 bits per heavy atom. The Hall–Kier alpha value is -1.68. The van der Waals surface area contributed by atoms with Gasteiger partial charge in [0.1, 0.15) is 5.75 Å². The van der Waals surface area contributed by atoms with Crippen LogP contribution in [0, 0.1) is 6.92 Å². The number of imidazole rings is 1. The van der Waals surface area contributed by atoms with Crippen molar-refractivity contribution in [2.45, 2.75) is 6.92 Å². The molecule has 2 rings (SSSR count). The van der Waals surface area contributed by atoms with Crippen LogP contribution in [0.1, 0.15) is 5.69 Å². The summed E-state index contributed by atoms with van der Waals surface area (Å²) in [6.07, 6.45) is 1.73. The largest absolute Gasteiger partial charge is 0.506 e. The van der Waals surface area contributed by atoms with Gasteiger partial charge >= 0.3 is 5.69 Å². The summed E-state index contributed by atoms with van der Waals surface area (Å²) in [5, 5.41) is 9.52. The highest BCUT2D eigenvalue weighted by Crippen LogP contribution is 2.24. The predicted molar refractivity (Wildman–Crippen MR) is 62.4 cm³/mol. The van der Waals surface area contributed by atoms with Crippen LogP contribution in [0.25, 0.3) is 5.69 Å². The minimum atomic E-state index is -0.140. The Morgan fingerprint density at radius 2 is 2.06 bits per heavy atom. The van der Waals surface area contributed by atoms with Crippen molar-refractivity contribution < 1.29 is 5.11 Å². The van der Waals surface area contributed by atoms with Gasteiger partial charge in [0, 0.05) is 18.9 Å². The summed E-state index contributed by atoms with van der Waals surface area (Å²) in [5.74, 6) is 0.00567. The van der Waals surface area contributed by atoms with Crippen LogP contribution >= 0.6 is 11.6 Å². The van der Waals surface area contributed by atoms with E-state index in [2.05, 4.69) is 0 Å². The summed E-state index contributed by atoms with van der Waals surface area (Å²) >= 11 is 5.79. The Morgan fingerprint density at radius 1 is 1.38 bits per heavy atom. The minimum Gasteiger partial charge on any atom is -0.506 e. The second-order valence-electron chi connectivity index (χ2n) is 3.62. The molecular weight excluding hydrogens is 228 g/mol. The first-order valence-electron chi connectivity index (χ1n) is 4.74. The molecule has 1 heterocycles. The van der Waals surface area contributed by atoms with E-state index >= 15 is 0 Å². The number of aromatic hydroxyl groups is 1. The Kier molecular flexibility index (Phi) is 2.52. The molecule has 0 bridgehead atoms. The van der Waals surface area contributed by atoms with E-state index in [4.69, 9.17) is 11.6 Å². The van der Waals surface area contributed by atoms with Crippen molar-refractivity contribution in [1.29, 1.82) is 0 Å². The van der Waals surface area contributed by atoms with Crippen molar-refractivity contribution in [2.24, 2.45) is 7.05 Å². The highest BCUT2D eigenvalue weighted by molar-refractivity contribution is 6.32. The zero-order valence-electron chi connectivity index (χ0n) is 8.94. The monoisotopic (exact) mass is 238 g/mol. The summed E-state index contributed by atoms with van der Waals surface area (Å²) < 4.78 is 3.03. The third kappa shape index (κ3) is 1.61. The molecule has 0 unspecified atom stereocenters. The maximum absolute atomic E-state index is 11.8. The van der Waals surface area contributed by atoms with Gasteiger partial charge in [-0.3, -0.25) is 9.13 Å². The molecule has 2 aromatic rings. The number of benzene rings is 1. The molecule has 1 N–H and O–H groups in total. The van der Waals surface area contributed by atoms with Gasteiger partial charge < -0.3 is 5.11 Å². The zero-order chi connectivity index (χ0) is 11.9. The second-order valence-corrected chi connectivity index (χ2v) is 4.02. The van der Waals surface area contributed by atoms with E-state index in [0.717, 1.165) is 5.69 Å². The first-order chi connectivity index (χ1) is 7.50. The molecule has 0 atom stereocenters. The quantitative estimate of drug-likeness (QED) is 0.824. The van der Waals surface area contributed by atoms with Crippen molar-refractivity contribution in [2.75, 3.05) is 0 Å². The van der Waals surface area contributed by atoms with E-state index in [1.54, 1.807) is 29.9 Å². The number of aryl methyl sites for hydroxylation is 1. The number of hydrogen-bond donors (Lipinski definition) is 1. The fourth-order valence-corrected chi connectivity index (χ4v) is 1.65. The normalized spacial score (nSPS) is 10.7. The summed E-state index contributed by atoms with van der Waals surface area (Å²) in [4.78, 5) is 11.8. The maximum Gasteiger partial charge on any atom is 0.332 e. The summed E-state index contributed by atoms with van der Waals surface area (Å²) in [5.41, 5.74) is 1.35. The van der Waals surface area contributed by atoms with Gasteiger partial charge in [-0.25, -0.2) is 4.79 Å². The molecule has 0 saturated heterocycles. The van der Waals surface area contributed by atoms with Gasteiger partial charge in [0.2, 0.25) is 0 Å². The number of hydrogen-bond acceptors (Lipinski definition) is 2. The van der Waals surface area contributed by atoms with Gasteiger partial charge in [-0.05, 0) is 25.1 Å². The smallest absolute Gasteiger partial charge is 0.332 e. The number of phenols is 1. The molecule has 0 aliphatic carbocycles. The molecule has 4 nitrogen and oxygen atoms in total. The van der Waals surface area contributed by atoms with Crippen LogP contribution in [0.2, 0.25) is 5.02 Å². The number of halogens is 1. The van der Waals surface area contributed by atoms with E-state index in [-0.39, 0.29) is 16.5 Å². The molecule has 0 aliphatic rings. The fourth-order valence-electron chi connectivity index (χ4n) is 1.47. The van der Waals surface area contributed by atoms with Crippen molar-refractivity contribution in [1.82, 2.24) is 9.13 Å². The van der Waals surface area contributed by atoms with Crippen LogP contribution in [-0.2, 0) is 7.05 Å². The highest BCUT2D eigenvalue weighted by Gasteiger charge is 2.08. The molecule has 0 radical (unpaired) electrons. The topological polar surface area (TPSA) is 47.2 Å². The van der Waals surface area contributed by atoms with Crippen LogP contribution in [-0.4, -0.2) is 14.2 Å². The van der Waals surface area contributed by atoms with Crippen LogP contribution in [0.3, 0.4) is 0 Å². The third-order valence-electron chi connectivity index (χ3n) is 2.55. The first kappa shape index (κ1) is 10.8. The molecule has 1 aromatic heterocycles. The third-order valence-corrected chi connectivity index (χ3v) is 2.85. The molecule has 0 aliphatic heterocycles. The molecule has 0 amide bonds. The lowest BCUT2D eigenvalue weighted by Gasteiger charge is -2.02. The lowest BCUT2D eigenvalue weighted by atomic mass is 10.3. The first-order valence-corrected chi connectivity index (χ1v) is 5.12. The molecule has 16 heavy (non-hydrogen) atoms. The van der Waals surface area contributed by atoms with Gasteiger partial charge in [0.25, 0.3) is 0 Å². The van der Waals surface area contributed by atoms with Gasteiger partial charge in [0.15, 0.2) is 0 Å². The molecule has 0 spiro atoms. The molecule has 84 valence electrons. The number of aromatic nitrogens is 2. The van der Waals surface area contributed by atoms with Gasteiger partial charge in [-0.15, -0.1) is 0 Å². The van der Waals surface area contributed by atoms with E-state index in [9.17, 15) is 9.90 Å². The van der Waals surface area contributed by atoms with Crippen LogP contribution in [0.4, 0.5) is 0 Å². The van der Waals surface area contributed by atoms with Crippen molar-refractivity contribution in [3.05, 3.63) is 45.6 Å². The molecule has 5 heteroatoms. The zero-order valence-corrected chi connectivity index (χ0v) is 9.69. The Labute approximate surface area is 97.3 Å². The number of phenolic OH excluding ortho intramolecular Hbond substituents is 1. The van der Waals surface area contributed by atoms with Crippen LogP contribution < -0.4 is 5.69 Å². The van der Waals surface area contributed by atoms with Crippen molar-refractivity contribution in [3.63, 3.8) is 0 Å². The van der Waals surface area contributed by atoms with Crippen molar-refractivity contribution in [3.8, 4) is 11.4 Å². The number of nitrogens with zero attached hydrogens (tertiary/aromatic N) is 2. The van der Waals surface area contributed by atoms with Crippen LogP contribution in [0.15, 0.2) is 29.2 Å². The lowest BCUT2D eigenvalue weighted by Crippen LogP contribution is -2.20. The molecule has 0 fully saturated rings. The molecule has 1 aromatic carbocycles. The number of rotatable bonds is 1. The van der Waals surface area contributed by atoms with Crippen molar-refractivity contribution >= 4 is 11.6 Å². The summed E-state index contributed by atoms with van der Waals surface area (Å²) in [7, 11) is 1.70. The summed E-state index contributed by atoms with van der Waals surface area (Å²) in [6.45, 7) is 1.85. The van der Waals surface area contributed by atoms with Gasteiger partial charge in [-0.2, -0.15) is 0 Å². The minimum absolute atomic E-state index is 0.00567. The van der Waals surface area contributed by atoms with Crippen LogP contribution in [0.5, 0.6) is 5.75 Å². The fraction of sp³-hybridized carbons (Fsp3) is 0.182. The molecule has 0 saturated carbocycles. The average Bonchev–Trinajstić information content (AvgIpc) is 2.50. The maximum atomic E-state index is 11.8. The Bertz CT molecular complexity index is 599. The standard InChI is InChI=1S/C11H11ClN2O2/c1-7-6-14(11(16)13(7)2)8-3-4-10(15)9(12)5-8/h3-6,15H,1-2H3. The predicted octanol–water partition coefficient (Wildman–Crippen LogP) is 1.84. The van der Waals surface area contributed by atoms with E-state index in [1.807, 2.05) is 6.92 Å². The molecular formula is C11H11ClN2O2. The van der Waals surface area contributed by atoms with E-state index < -0.39 is 0 Å². The van der Waals surface area contributed by atoms with Gasteiger partial charge in [-0.1, -0.05) is 11.6 Å². The highest BCUT2D eigenvalue weighted by atomic mass is 35.5. The van der Waals surface area contributed by atoms with Gasteiger partial charge in [0.05, 0.1) is 10.7 Å². The van der Waals surface area contributed by atoms with E-state index in [0.29, 0.717) is 5.69 Å². The Balaban J connectivity index is 2.63.